The van der Waals surface area contributed by atoms with Crippen molar-refractivity contribution < 1.29 is 14.3 Å². The summed E-state index contributed by atoms with van der Waals surface area (Å²) < 4.78 is 10.6. The van der Waals surface area contributed by atoms with Crippen LogP contribution in [-0.4, -0.2) is 32.3 Å². The summed E-state index contributed by atoms with van der Waals surface area (Å²) in [6.07, 6.45) is 2.46. The second kappa shape index (κ2) is 6.54. The maximum absolute atomic E-state index is 11.8. The first-order chi connectivity index (χ1) is 9.20. The highest BCUT2D eigenvalue weighted by Crippen LogP contribution is 2.31. The van der Waals surface area contributed by atoms with Gasteiger partial charge in [0.15, 0.2) is 0 Å². The van der Waals surface area contributed by atoms with Gasteiger partial charge in [0, 0.05) is 7.11 Å². The quantitative estimate of drug-likeness (QED) is 0.780. The number of ether oxygens (including phenoxy) is 2. The van der Waals surface area contributed by atoms with Gasteiger partial charge in [-0.05, 0) is 30.9 Å². The lowest BCUT2D eigenvalue weighted by molar-refractivity contribution is -0.118. The van der Waals surface area contributed by atoms with Crippen LogP contribution in [0.1, 0.15) is 12.8 Å². The fourth-order valence-electron chi connectivity index (χ4n) is 1.67. The van der Waals surface area contributed by atoms with Crippen molar-refractivity contribution in [2.24, 2.45) is 11.7 Å². The molecule has 1 atom stereocenters. The minimum atomic E-state index is -0.679. The third kappa shape index (κ3) is 4.22. The Hall–Kier alpha value is -1.59. The number of carbonyl (C=O) groups is 1. The molecule has 3 N–H and O–H groups in total. The summed E-state index contributed by atoms with van der Waals surface area (Å²) in [5.74, 6) is 1.08. The SMILES string of the molecule is COCC(N)C(=O)Nc1ccccc1OCC1CC1. The minimum Gasteiger partial charge on any atom is -0.491 e. The summed E-state index contributed by atoms with van der Waals surface area (Å²) >= 11 is 0. The molecule has 1 amide bonds. The van der Waals surface area contributed by atoms with Crippen molar-refractivity contribution in [1.29, 1.82) is 0 Å². The third-order valence-electron chi connectivity index (χ3n) is 3.00. The van der Waals surface area contributed by atoms with Crippen molar-refractivity contribution in [2.45, 2.75) is 18.9 Å². The van der Waals surface area contributed by atoms with E-state index >= 15 is 0 Å². The number of rotatable bonds is 7. The van der Waals surface area contributed by atoms with Crippen molar-refractivity contribution in [1.82, 2.24) is 0 Å². The van der Waals surface area contributed by atoms with Crippen LogP contribution in [0.3, 0.4) is 0 Å². The van der Waals surface area contributed by atoms with Gasteiger partial charge >= 0.3 is 0 Å². The van der Waals surface area contributed by atoms with Gasteiger partial charge in [-0.15, -0.1) is 0 Å². The van der Waals surface area contributed by atoms with Crippen LogP contribution in [0.25, 0.3) is 0 Å². The molecular formula is C14H20N2O3. The number of nitrogens with one attached hydrogen (secondary N) is 1. The lowest BCUT2D eigenvalue weighted by atomic mass is 10.2. The van der Waals surface area contributed by atoms with Gasteiger partial charge in [-0.1, -0.05) is 12.1 Å². The zero-order chi connectivity index (χ0) is 13.7. The molecule has 1 aliphatic carbocycles. The molecule has 0 aromatic heterocycles. The van der Waals surface area contributed by atoms with Crippen LogP contribution in [0.2, 0.25) is 0 Å². The summed E-state index contributed by atoms with van der Waals surface area (Å²) in [5, 5.41) is 2.77. The van der Waals surface area contributed by atoms with Crippen LogP contribution < -0.4 is 15.8 Å². The Labute approximate surface area is 113 Å². The molecule has 5 heteroatoms. The molecule has 1 aromatic rings. The monoisotopic (exact) mass is 264 g/mol. The molecule has 1 saturated carbocycles. The van der Waals surface area contributed by atoms with Gasteiger partial charge in [-0.3, -0.25) is 4.79 Å². The molecule has 1 aliphatic rings. The maximum Gasteiger partial charge on any atom is 0.243 e. The molecule has 1 aromatic carbocycles. The number of nitrogens with two attached hydrogens (primary N) is 1. The average molecular weight is 264 g/mol. The summed E-state index contributed by atoms with van der Waals surface area (Å²) in [7, 11) is 1.51. The highest BCUT2D eigenvalue weighted by molar-refractivity contribution is 5.96. The van der Waals surface area contributed by atoms with Gasteiger partial charge in [-0.25, -0.2) is 0 Å². The molecule has 2 rings (SSSR count). The van der Waals surface area contributed by atoms with Crippen molar-refractivity contribution in [2.75, 3.05) is 25.6 Å². The maximum atomic E-state index is 11.8. The normalized spacial score (nSPS) is 15.9. The number of methoxy groups -OCH3 is 1. The van der Waals surface area contributed by atoms with Crippen molar-refractivity contribution >= 4 is 11.6 Å². The first-order valence-corrected chi connectivity index (χ1v) is 6.48. The summed E-state index contributed by atoms with van der Waals surface area (Å²) in [6, 6.07) is 6.70. The number of carbonyl (C=O) groups excluding carboxylic acids is 1. The zero-order valence-corrected chi connectivity index (χ0v) is 11.1. The molecule has 104 valence electrons. The Morgan fingerprint density at radius 1 is 1.47 bits per heavy atom. The second-order valence-corrected chi connectivity index (χ2v) is 4.80. The van der Waals surface area contributed by atoms with Gasteiger partial charge in [0.1, 0.15) is 11.8 Å². The van der Waals surface area contributed by atoms with Gasteiger partial charge in [0.25, 0.3) is 0 Å². The van der Waals surface area contributed by atoms with E-state index in [0.717, 1.165) is 0 Å². The molecule has 0 aliphatic heterocycles. The fraction of sp³-hybridized carbons (Fsp3) is 0.500. The number of benzene rings is 1. The van der Waals surface area contributed by atoms with Crippen LogP contribution in [0.4, 0.5) is 5.69 Å². The molecule has 0 radical (unpaired) electrons. The Morgan fingerprint density at radius 3 is 2.89 bits per heavy atom. The topological polar surface area (TPSA) is 73.6 Å². The first-order valence-electron chi connectivity index (χ1n) is 6.48. The Bertz CT molecular complexity index is 432. The Balaban J connectivity index is 1.95. The zero-order valence-electron chi connectivity index (χ0n) is 11.1. The van der Waals surface area contributed by atoms with Crippen LogP contribution in [0, 0.1) is 5.92 Å². The van der Waals surface area contributed by atoms with E-state index in [2.05, 4.69) is 5.32 Å². The summed E-state index contributed by atoms with van der Waals surface area (Å²) in [5.41, 5.74) is 6.33. The Kier molecular flexibility index (Phi) is 4.76. The fourth-order valence-corrected chi connectivity index (χ4v) is 1.67. The molecule has 0 saturated heterocycles. The van der Waals surface area contributed by atoms with Crippen LogP contribution in [0.15, 0.2) is 24.3 Å². The summed E-state index contributed by atoms with van der Waals surface area (Å²) in [6.45, 7) is 0.897. The van der Waals surface area contributed by atoms with E-state index in [1.165, 1.54) is 20.0 Å². The van der Waals surface area contributed by atoms with Gasteiger partial charge in [-0.2, -0.15) is 0 Å². The number of anilines is 1. The van der Waals surface area contributed by atoms with E-state index in [0.29, 0.717) is 24.0 Å². The number of para-hydroxylation sites is 2. The van der Waals surface area contributed by atoms with Crippen LogP contribution in [0.5, 0.6) is 5.75 Å². The van der Waals surface area contributed by atoms with E-state index in [-0.39, 0.29) is 12.5 Å². The Morgan fingerprint density at radius 2 is 2.21 bits per heavy atom. The highest BCUT2D eigenvalue weighted by Gasteiger charge is 2.22. The molecule has 1 fully saturated rings. The van der Waals surface area contributed by atoms with E-state index in [1.807, 2.05) is 18.2 Å². The molecule has 19 heavy (non-hydrogen) atoms. The number of hydrogen-bond donors (Lipinski definition) is 2. The largest absolute Gasteiger partial charge is 0.491 e. The van der Waals surface area contributed by atoms with E-state index in [9.17, 15) is 4.79 Å². The predicted molar refractivity (Wildman–Crippen MR) is 73.1 cm³/mol. The standard InChI is InChI=1S/C14H20N2O3/c1-18-9-11(15)14(17)16-12-4-2-3-5-13(12)19-8-10-6-7-10/h2-5,10-11H,6-9,15H2,1H3,(H,16,17). The molecule has 1 unspecified atom stereocenters. The van der Waals surface area contributed by atoms with E-state index in [4.69, 9.17) is 15.2 Å². The number of amides is 1. The molecule has 0 spiro atoms. The molecular weight excluding hydrogens is 244 g/mol. The van der Waals surface area contributed by atoms with Gasteiger partial charge in [0.2, 0.25) is 5.91 Å². The van der Waals surface area contributed by atoms with Crippen molar-refractivity contribution in [3.05, 3.63) is 24.3 Å². The lowest BCUT2D eigenvalue weighted by Crippen LogP contribution is -2.39. The first kappa shape index (κ1) is 13.8. The minimum absolute atomic E-state index is 0.191. The van der Waals surface area contributed by atoms with Gasteiger partial charge < -0.3 is 20.5 Å². The highest BCUT2D eigenvalue weighted by atomic mass is 16.5. The van der Waals surface area contributed by atoms with Crippen molar-refractivity contribution in [3.8, 4) is 5.75 Å². The van der Waals surface area contributed by atoms with Crippen LogP contribution >= 0.6 is 0 Å². The van der Waals surface area contributed by atoms with E-state index < -0.39 is 6.04 Å². The molecule has 0 heterocycles. The van der Waals surface area contributed by atoms with Gasteiger partial charge in [0.05, 0.1) is 18.9 Å². The average Bonchev–Trinajstić information content (AvgIpc) is 3.22. The second-order valence-electron chi connectivity index (χ2n) is 4.80. The number of hydrogen-bond acceptors (Lipinski definition) is 4. The van der Waals surface area contributed by atoms with E-state index in [1.54, 1.807) is 6.07 Å². The molecule has 5 nitrogen and oxygen atoms in total. The van der Waals surface area contributed by atoms with Crippen molar-refractivity contribution in [3.63, 3.8) is 0 Å². The summed E-state index contributed by atoms with van der Waals surface area (Å²) in [4.78, 5) is 11.8. The third-order valence-corrected chi connectivity index (χ3v) is 3.00. The molecule has 0 bridgehead atoms. The van der Waals surface area contributed by atoms with Crippen LogP contribution in [-0.2, 0) is 9.53 Å². The lowest BCUT2D eigenvalue weighted by Gasteiger charge is -2.14. The smallest absolute Gasteiger partial charge is 0.243 e. The predicted octanol–water partition coefficient (Wildman–Crippen LogP) is 1.39.